The summed E-state index contributed by atoms with van der Waals surface area (Å²) in [6.07, 6.45) is 3.25. The van der Waals surface area contributed by atoms with Gasteiger partial charge >= 0.3 is 0 Å². The Labute approximate surface area is 146 Å². The van der Waals surface area contributed by atoms with Crippen LogP contribution in [-0.4, -0.2) is 30.5 Å². The molecule has 0 aliphatic rings. The second kappa shape index (κ2) is 6.37. The molecule has 0 aliphatic carbocycles. The molecule has 2 heterocycles. The van der Waals surface area contributed by atoms with E-state index in [1.54, 1.807) is 0 Å². The lowest BCUT2D eigenvalue weighted by atomic mass is 10.0. The Balaban J connectivity index is 1.83. The molecule has 4 heteroatoms. The molecule has 2 aromatic carbocycles. The van der Waals surface area contributed by atoms with E-state index < -0.39 is 0 Å². The average molecular weight is 334 g/mol. The number of fused-ring (bicyclic) bond motifs is 5. The van der Waals surface area contributed by atoms with E-state index in [4.69, 9.17) is 4.42 Å². The van der Waals surface area contributed by atoms with Gasteiger partial charge in [0, 0.05) is 10.8 Å². The molecular weight excluding hydrogens is 312 g/mol. The Morgan fingerprint density at radius 2 is 1.68 bits per heavy atom. The van der Waals surface area contributed by atoms with Crippen molar-refractivity contribution in [1.82, 2.24) is 9.88 Å². The lowest BCUT2D eigenvalue weighted by Gasteiger charge is -2.08. The topological polar surface area (TPSA) is 49.2 Å². The highest BCUT2D eigenvalue weighted by Gasteiger charge is 2.15. The lowest BCUT2D eigenvalue weighted by Crippen LogP contribution is -2.12. The molecule has 0 fully saturated rings. The SMILES string of the molecule is CN(C)CCCCc1cccc2c1oc1c3ccccc3c(=O)[nH]c21. The highest BCUT2D eigenvalue weighted by molar-refractivity contribution is 6.12. The minimum atomic E-state index is -0.0674. The molecular formula is C21H22N2O2. The first-order chi connectivity index (χ1) is 12.1. The zero-order valence-corrected chi connectivity index (χ0v) is 14.6. The number of unbranched alkanes of at least 4 members (excludes halogenated alkanes) is 1. The number of rotatable bonds is 5. The second-order valence-electron chi connectivity index (χ2n) is 6.86. The molecule has 0 saturated carbocycles. The number of hydrogen-bond acceptors (Lipinski definition) is 3. The summed E-state index contributed by atoms with van der Waals surface area (Å²) in [6.45, 7) is 1.09. The number of hydrogen-bond donors (Lipinski definition) is 1. The fraction of sp³-hybridized carbons (Fsp3) is 0.286. The number of para-hydroxylation sites is 1. The summed E-state index contributed by atoms with van der Waals surface area (Å²) >= 11 is 0. The Hall–Kier alpha value is -2.59. The van der Waals surface area contributed by atoms with E-state index in [0.717, 1.165) is 53.3 Å². The molecule has 1 N–H and O–H groups in total. The summed E-state index contributed by atoms with van der Waals surface area (Å²) in [5.74, 6) is 0. The van der Waals surface area contributed by atoms with Crippen LogP contribution in [0, 0.1) is 0 Å². The van der Waals surface area contributed by atoms with Crippen LogP contribution < -0.4 is 5.56 Å². The molecule has 4 rings (SSSR count). The molecule has 0 bridgehead atoms. The molecule has 2 aromatic heterocycles. The molecule has 0 unspecified atom stereocenters. The van der Waals surface area contributed by atoms with Gasteiger partial charge in [0.15, 0.2) is 5.58 Å². The molecule has 25 heavy (non-hydrogen) atoms. The van der Waals surface area contributed by atoms with Crippen LogP contribution in [0.15, 0.2) is 51.7 Å². The first-order valence-corrected chi connectivity index (χ1v) is 8.75. The summed E-state index contributed by atoms with van der Waals surface area (Å²) in [7, 11) is 4.20. The van der Waals surface area contributed by atoms with E-state index in [0.29, 0.717) is 5.39 Å². The predicted molar refractivity (Wildman–Crippen MR) is 103 cm³/mol. The highest BCUT2D eigenvalue weighted by Crippen LogP contribution is 2.33. The van der Waals surface area contributed by atoms with Crippen LogP contribution in [0.3, 0.4) is 0 Å². The Morgan fingerprint density at radius 1 is 0.920 bits per heavy atom. The van der Waals surface area contributed by atoms with Crippen molar-refractivity contribution in [3.05, 3.63) is 58.4 Å². The molecule has 4 nitrogen and oxygen atoms in total. The van der Waals surface area contributed by atoms with Crippen molar-refractivity contribution in [2.75, 3.05) is 20.6 Å². The molecule has 0 atom stereocenters. The minimum Gasteiger partial charge on any atom is -0.453 e. The number of H-pyrrole nitrogens is 1. The molecule has 0 spiro atoms. The maximum Gasteiger partial charge on any atom is 0.256 e. The van der Waals surface area contributed by atoms with Gasteiger partial charge in [-0.15, -0.1) is 0 Å². The number of aromatic nitrogens is 1. The van der Waals surface area contributed by atoms with Crippen LogP contribution in [0.25, 0.3) is 32.8 Å². The number of pyridine rings is 1. The third-order valence-electron chi connectivity index (χ3n) is 4.75. The van der Waals surface area contributed by atoms with Crippen molar-refractivity contribution >= 4 is 32.8 Å². The lowest BCUT2D eigenvalue weighted by molar-refractivity contribution is 0.394. The van der Waals surface area contributed by atoms with Gasteiger partial charge in [-0.3, -0.25) is 4.79 Å². The Morgan fingerprint density at radius 3 is 2.48 bits per heavy atom. The van der Waals surface area contributed by atoms with E-state index in [9.17, 15) is 4.79 Å². The summed E-state index contributed by atoms with van der Waals surface area (Å²) in [6, 6.07) is 13.8. The maximum absolute atomic E-state index is 12.4. The van der Waals surface area contributed by atoms with Gasteiger partial charge in [-0.2, -0.15) is 0 Å². The number of nitrogens with zero attached hydrogens (tertiary/aromatic N) is 1. The first-order valence-electron chi connectivity index (χ1n) is 8.75. The molecule has 0 aliphatic heterocycles. The highest BCUT2D eigenvalue weighted by atomic mass is 16.3. The van der Waals surface area contributed by atoms with Crippen molar-refractivity contribution in [3.8, 4) is 0 Å². The third-order valence-corrected chi connectivity index (χ3v) is 4.75. The molecule has 0 saturated heterocycles. The summed E-state index contributed by atoms with van der Waals surface area (Å²) < 4.78 is 6.25. The van der Waals surface area contributed by atoms with E-state index in [1.165, 1.54) is 5.56 Å². The van der Waals surface area contributed by atoms with Crippen molar-refractivity contribution in [2.24, 2.45) is 0 Å². The van der Waals surface area contributed by atoms with Crippen LogP contribution in [0.4, 0.5) is 0 Å². The fourth-order valence-electron chi connectivity index (χ4n) is 3.49. The van der Waals surface area contributed by atoms with Gasteiger partial charge in [0.1, 0.15) is 5.58 Å². The van der Waals surface area contributed by atoms with Gasteiger partial charge in [-0.05, 0) is 57.6 Å². The van der Waals surface area contributed by atoms with Crippen molar-refractivity contribution < 1.29 is 4.42 Å². The monoisotopic (exact) mass is 334 g/mol. The molecule has 4 aromatic rings. The number of aryl methyl sites for hydroxylation is 1. The third kappa shape index (κ3) is 2.83. The maximum atomic E-state index is 12.4. The zero-order valence-electron chi connectivity index (χ0n) is 14.6. The zero-order chi connectivity index (χ0) is 17.4. The number of aromatic amines is 1. The normalized spacial score (nSPS) is 12.0. The van der Waals surface area contributed by atoms with E-state index in [2.05, 4.69) is 30.0 Å². The predicted octanol–water partition coefficient (Wildman–Crippen LogP) is 4.31. The quantitative estimate of drug-likeness (QED) is 0.553. The molecule has 0 amide bonds. The molecule has 0 radical (unpaired) electrons. The van der Waals surface area contributed by atoms with E-state index >= 15 is 0 Å². The number of benzene rings is 2. The number of nitrogens with one attached hydrogen (secondary N) is 1. The summed E-state index contributed by atoms with van der Waals surface area (Å²) in [5.41, 5.74) is 3.61. The van der Waals surface area contributed by atoms with Gasteiger partial charge < -0.3 is 14.3 Å². The van der Waals surface area contributed by atoms with Crippen LogP contribution in [0.2, 0.25) is 0 Å². The molecule has 128 valence electrons. The Kier molecular flexibility index (Phi) is 4.06. The fourth-order valence-corrected chi connectivity index (χ4v) is 3.49. The minimum absolute atomic E-state index is 0.0674. The largest absolute Gasteiger partial charge is 0.453 e. The van der Waals surface area contributed by atoms with Gasteiger partial charge in [0.05, 0.1) is 10.9 Å². The van der Waals surface area contributed by atoms with Crippen molar-refractivity contribution in [2.45, 2.75) is 19.3 Å². The van der Waals surface area contributed by atoms with Crippen LogP contribution in [0.1, 0.15) is 18.4 Å². The second-order valence-corrected chi connectivity index (χ2v) is 6.86. The standard InChI is InChI=1S/C21H22N2O2/c1-23(2)13-6-5-8-14-9-7-12-17-18-20(25-19(14)17)15-10-3-4-11-16(15)21(24)22-18/h3-4,7,9-12H,5-6,8,13H2,1-2H3,(H,22,24). The number of furan rings is 1. The van der Waals surface area contributed by atoms with Crippen molar-refractivity contribution in [1.29, 1.82) is 0 Å². The Bertz CT molecular complexity index is 1110. The summed E-state index contributed by atoms with van der Waals surface area (Å²) in [4.78, 5) is 17.6. The van der Waals surface area contributed by atoms with E-state index in [-0.39, 0.29) is 5.56 Å². The smallest absolute Gasteiger partial charge is 0.256 e. The van der Waals surface area contributed by atoms with Gasteiger partial charge in [-0.25, -0.2) is 0 Å². The van der Waals surface area contributed by atoms with Crippen LogP contribution >= 0.6 is 0 Å². The average Bonchev–Trinajstić information content (AvgIpc) is 2.98. The van der Waals surface area contributed by atoms with E-state index in [1.807, 2.05) is 36.4 Å². The van der Waals surface area contributed by atoms with Crippen molar-refractivity contribution in [3.63, 3.8) is 0 Å². The van der Waals surface area contributed by atoms with Gasteiger partial charge in [0.2, 0.25) is 0 Å². The van der Waals surface area contributed by atoms with Gasteiger partial charge in [0.25, 0.3) is 5.56 Å². The first kappa shape index (κ1) is 15.9. The summed E-state index contributed by atoms with van der Waals surface area (Å²) in [5, 5.41) is 2.53. The van der Waals surface area contributed by atoms with Crippen LogP contribution in [0.5, 0.6) is 0 Å². The van der Waals surface area contributed by atoms with Gasteiger partial charge in [-0.1, -0.05) is 30.3 Å². The van der Waals surface area contributed by atoms with Crippen LogP contribution in [-0.2, 0) is 6.42 Å².